The molecule has 0 spiro atoms. The smallest absolute Gasteiger partial charge is 0.344 e. The number of carbonyl (C=O) groups is 2. The molecule has 0 amide bonds. The molecule has 0 aromatic heterocycles. The van der Waals surface area contributed by atoms with Gasteiger partial charge in [-0.1, -0.05) is 0 Å². The number of esters is 2. The van der Waals surface area contributed by atoms with Gasteiger partial charge in [0.15, 0.2) is 6.61 Å². The maximum absolute atomic E-state index is 11.5. The first kappa shape index (κ1) is 12.8. The van der Waals surface area contributed by atoms with Gasteiger partial charge in [-0.3, -0.25) is 0 Å². The molecular weight excluding hydrogens is 226 g/mol. The summed E-state index contributed by atoms with van der Waals surface area (Å²) < 4.78 is 14.0. The standard InChI is InChI=1S/C11H13NO5/c1-15-9-4-7(3-8(12)5-9)11(14)17-6-10(13)16-2/h3-5H,6,12H2,1-2H3. The van der Waals surface area contributed by atoms with Crippen LogP contribution in [0.4, 0.5) is 5.69 Å². The molecule has 0 saturated heterocycles. The maximum Gasteiger partial charge on any atom is 0.344 e. The Labute approximate surface area is 98.3 Å². The Kier molecular flexibility index (Phi) is 4.33. The van der Waals surface area contributed by atoms with E-state index in [1.807, 2.05) is 0 Å². The number of ether oxygens (including phenoxy) is 3. The predicted molar refractivity (Wildman–Crippen MR) is 59.7 cm³/mol. The van der Waals surface area contributed by atoms with Crippen molar-refractivity contribution >= 4 is 17.6 Å². The zero-order valence-corrected chi connectivity index (χ0v) is 9.56. The number of carbonyl (C=O) groups excluding carboxylic acids is 2. The van der Waals surface area contributed by atoms with Crippen molar-refractivity contribution < 1.29 is 23.8 Å². The van der Waals surface area contributed by atoms with Crippen molar-refractivity contribution in [3.8, 4) is 5.75 Å². The van der Waals surface area contributed by atoms with Gasteiger partial charge in [-0.25, -0.2) is 9.59 Å². The SMILES string of the molecule is COC(=O)COC(=O)c1cc(N)cc(OC)c1. The summed E-state index contributed by atoms with van der Waals surface area (Å²) in [6, 6.07) is 4.47. The zero-order chi connectivity index (χ0) is 12.8. The zero-order valence-electron chi connectivity index (χ0n) is 9.56. The highest BCUT2D eigenvalue weighted by molar-refractivity contribution is 5.92. The van der Waals surface area contributed by atoms with E-state index in [1.54, 1.807) is 6.07 Å². The quantitative estimate of drug-likeness (QED) is 0.611. The van der Waals surface area contributed by atoms with Crippen molar-refractivity contribution in [2.24, 2.45) is 0 Å². The summed E-state index contributed by atoms with van der Waals surface area (Å²) in [5.41, 5.74) is 6.16. The van der Waals surface area contributed by atoms with Gasteiger partial charge in [-0.15, -0.1) is 0 Å². The van der Waals surface area contributed by atoms with Crippen molar-refractivity contribution in [1.82, 2.24) is 0 Å². The third-order valence-electron chi connectivity index (χ3n) is 1.95. The van der Waals surface area contributed by atoms with Crippen LogP contribution in [0.2, 0.25) is 0 Å². The molecule has 0 aliphatic rings. The van der Waals surface area contributed by atoms with Crippen molar-refractivity contribution in [2.45, 2.75) is 0 Å². The molecule has 6 nitrogen and oxygen atoms in total. The van der Waals surface area contributed by atoms with Gasteiger partial charge >= 0.3 is 11.9 Å². The molecule has 6 heteroatoms. The third kappa shape index (κ3) is 3.67. The van der Waals surface area contributed by atoms with E-state index in [0.717, 1.165) is 0 Å². The van der Waals surface area contributed by atoms with Crippen LogP contribution in [-0.2, 0) is 14.3 Å². The number of nitrogen functional groups attached to an aromatic ring is 1. The largest absolute Gasteiger partial charge is 0.497 e. The van der Waals surface area contributed by atoms with Crippen LogP contribution < -0.4 is 10.5 Å². The molecule has 0 heterocycles. The predicted octanol–water partition coefficient (Wildman–Crippen LogP) is 0.607. The minimum absolute atomic E-state index is 0.214. The van der Waals surface area contributed by atoms with E-state index in [1.165, 1.54) is 26.4 Å². The van der Waals surface area contributed by atoms with Crippen LogP contribution in [0.3, 0.4) is 0 Å². The molecule has 0 radical (unpaired) electrons. The minimum Gasteiger partial charge on any atom is -0.497 e. The number of anilines is 1. The summed E-state index contributed by atoms with van der Waals surface area (Å²) in [6.45, 7) is -0.438. The first-order valence-corrected chi connectivity index (χ1v) is 4.75. The molecule has 2 N–H and O–H groups in total. The summed E-state index contributed by atoms with van der Waals surface area (Å²) in [7, 11) is 2.66. The minimum atomic E-state index is -0.666. The molecule has 1 aromatic rings. The number of nitrogens with two attached hydrogens (primary N) is 1. The normalized spacial score (nSPS) is 9.53. The van der Waals surface area contributed by atoms with Crippen LogP contribution in [-0.4, -0.2) is 32.8 Å². The van der Waals surface area contributed by atoms with Crippen molar-refractivity contribution in [3.05, 3.63) is 23.8 Å². The highest BCUT2D eigenvalue weighted by Crippen LogP contribution is 2.19. The van der Waals surface area contributed by atoms with Gasteiger partial charge in [0, 0.05) is 11.8 Å². The van der Waals surface area contributed by atoms with Gasteiger partial charge in [0.1, 0.15) is 5.75 Å². The van der Waals surface area contributed by atoms with Crippen LogP contribution in [0.5, 0.6) is 5.75 Å². The number of benzene rings is 1. The summed E-state index contributed by atoms with van der Waals surface area (Å²) in [4.78, 5) is 22.3. The molecule has 1 rings (SSSR count). The Bertz CT molecular complexity index is 430. The average Bonchev–Trinajstić information content (AvgIpc) is 2.34. The molecule has 0 unspecified atom stereocenters. The van der Waals surface area contributed by atoms with E-state index in [4.69, 9.17) is 15.2 Å². The van der Waals surface area contributed by atoms with Gasteiger partial charge < -0.3 is 19.9 Å². The fourth-order valence-corrected chi connectivity index (χ4v) is 1.12. The maximum atomic E-state index is 11.5. The van der Waals surface area contributed by atoms with Crippen LogP contribution in [0, 0.1) is 0 Å². The lowest BCUT2D eigenvalue weighted by atomic mass is 10.2. The van der Waals surface area contributed by atoms with Crippen LogP contribution in [0.25, 0.3) is 0 Å². The Morgan fingerprint density at radius 3 is 2.53 bits per heavy atom. The monoisotopic (exact) mass is 239 g/mol. The topological polar surface area (TPSA) is 87.9 Å². The molecule has 0 aliphatic heterocycles. The fraction of sp³-hybridized carbons (Fsp3) is 0.273. The number of hydrogen-bond donors (Lipinski definition) is 1. The lowest BCUT2D eigenvalue weighted by Gasteiger charge is -2.06. The second-order valence-corrected chi connectivity index (χ2v) is 3.15. The lowest BCUT2D eigenvalue weighted by molar-refractivity contribution is -0.144. The van der Waals surface area contributed by atoms with Crippen LogP contribution in [0.1, 0.15) is 10.4 Å². The summed E-state index contributed by atoms with van der Waals surface area (Å²) in [5, 5.41) is 0. The van der Waals surface area contributed by atoms with Gasteiger partial charge in [-0.2, -0.15) is 0 Å². The van der Waals surface area contributed by atoms with E-state index >= 15 is 0 Å². The van der Waals surface area contributed by atoms with E-state index in [9.17, 15) is 9.59 Å². The van der Waals surface area contributed by atoms with E-state index in [-0.39, 0.29) is 5.56 Å². The molecule has 0 fully saturated rings. The Balaban J connectivity index is 2.74. The summed E-state index contributed by atoms with van der Waals surface area (Å²) in [6.07, 6.45) is 0. The van der Waals surface area contributed by atoms with Crippen molar-refractivity contribution in [1.29, 1.82) is 0 Å². The Morgan fingerprint density at radius 2 is 1.94 bits per heavy atom. The van der Waals surface area contributed by atoms with Gasteiger partial charge in [0.05, 0.1) is 19.8 Å². The molecule has 0 aliphatic carbocycles. The molecule has 0 atom stereocenters. The average molecular weight is 239 g/mol. The van der Waals surface area contributed by atoms with Crippen LogP contribution >= 0.6 is 0 Å². The summed E-state index contributed by atoms with van der Waals surface area (Å²) >= 11 is 0. The van der Waals surface area contributed by atoms with E-state index in [2.05, 4.69) is 4.74 Å². The molecule has 1 aromatic carbocycles. The van der Waals surface area contributed by atoms with Crippen molar-refractivity contribution in [2.75, 3.05) is 26.6 Å². The fourth-order valence-electron chi connectivity index (χ4n) is 1.12. The second kappa shape index (κ2) is 5.74. The van der Waals surface area contributed by atoms with E-state index in [0.29, 0.717) is 11.4 Å². The molecular formula is C11H13NO5. The first-order chi connectivity index (χ1) is 8.06. The van der Waals surface area contributed by atoms with Gasteiger partial charge in [0.2, 0.25) is 0 Å². The van der Waals surface area contributed by atoms with Crippen LogP contribution in [0.15, 0.2) is 18.2 Å². The third-order valence-corrected chi connectivity index (χ3v) is 1.95. The number of hydrogen-bond acceptors (Lipinski definition) is 6. The molecule has 17 heavy (non-hydrogen) atoms. The Morgan fingerprint density at radius 1 is 1.24 bits per heavy atom. The molecule has 92 valence electrons. The molecule has 0 bridgehead atoms. The van der Waals surface area contributed by atoms with Gasteiger partial charge in [-0.05, 0) is 12.1 Å². The Hall–Kier alpha value is -2.24. The van der Waals surface area contributed by atoms with E-state index < -0.39 is 18.5 Å². The number of methoxy groups -OCH3 is 2. The highest BCUT2D eigenvalue weighted by atomic mass is 16.6. The molecule has 0 saturated carbocycles. The number of rotatable bonds is 4. The first-order valence-electron chi connectivity index (χ1n) is 4.75. The van der Waals surface area contributed by atoms with Crippen molar-refractivity contribution in [3.63, 3.8) is 0 Å². The van der Waals surface area contributed by atoms with Gasteiger partial charge in [0.25, 0.3) is 0 Å². The lowest BCUT2D eigenvalue weighted by Crippen LogP contribution is -2.15. The second-order valence-electron chi connectivity index (χ2n) is 3.15. The summed E-state index contributed by atoms with van der Waals surface area (Å²) in [5.74, 6) is -0.856. The highest BCUT2D eigenvalue weighted by Gasteiger charge is 2.12.